The van der Waals surface area contributed by atoms with Gasteiger partial charge in [-0.05, 0) is 31.2 Å². The number of nitrogens with zero attached hydrogens (tertiary/aromatic N) is 3. The van der Waals surface area contributed by atoms with Crippen molar-refractivity contribution in [1.29, 1.82) is 0 Å². The number of anilines is 1. The highest BCUT2D eigenvalue weighted by atomic mass is 32.2. The predicted octanol–water partition coefficient (Wildman–Crippen LogP) is 3.58. The van der Waals surface area contributed by atoms with Crippen LogP contribution in [0.3, 0.4) is 0 Å². The Hall–Kier alpha value is -2.91. The summed E-state index contributed by atoms with van der Waals surface area (Å²) in [7, 11) is -2.14. The SMILES string of the molecule is COc1cccc(-c2csc3nc(NS(=O)(=O)c4ccc(C)cc4)nn23)c1. The van der Waals surface area contributed by atoms with E-state index in [1.165, 1.54) is 11.3 Å². The first kappa shape index (κ1) is 17.5. The molecule has 0 aliphatic rings. The van der Waals surface area contributed by atoms with E-state index in [9.17, 15) is 8.42 Å². The third kappa shape index (κ3) is 3.38. The number of hydrogen-bond donors (Lipinski definition) is 1. The van der Waals surface area contributed by atoms with Gasteiger partial charge in [-0.3, -0.25) is 0 Å². The van der Waals surface area contributed by atoms with Gasteiger partial charge in [0.2, 0.25) is 4.96 Å². The highest BCUT2D eigenvalue weighted by Gasteiger charge is 2.18. The van der Waals surface area contributed by atoms with Gasteiger partial charge in [-0.1, -0.05) is 29.8 Å². The molecule has 0 bridgehead atoms. The van der Waals surface area contributed by atoms with Crippen molar-refractivity contribution in [1.82, 2.24) is 14.6 Å². The van der Waals surface area contributed by atoms with E-state index in [0.717, 1.165) is 22.6 Å². The van der Waals surface area contributed by atoms with Gasteiger partial charge in [0.05, 0.1) is 17.7 Å². The molecule has 0 amide bonds. The Bertz CT molecular complexity index is 1210. The molecule has 0 aliphatic heterocycles. The van der Waals surface area contributed by atoms with E-state index in [1.54, 1.807) is 35.9 Å². The van der Waals surface area contributed by atoms with Crippen LogP contribution in [0, 0.1) is 6.92 Å². The number of hydrogen-bond acceptors (Lipinski definition) is 6. The largest absolute Gasteiger partial charge is 0.497 e. The summed E-state index contributed by atoms with van der Waals surface area (Å²) in [5, 5.41) is 6.24. The van der Waals surface area contributed by atoms with Gasteiger partial charge >= 0.3 is 0 Å². The van der Waals surface area contributed by atoms with Crippen LogP contribution in [0.15, 0.2) is 58.8 Å². The number of thiazole rings is 1. The zero-order valence-corrected chi connectivity index (χ0v) is 16.2. The summed E-state index contributed by atoms with van der Waals surface area (Å²) in [5.74, 6) is 0.763. The molecule has 0 saturated carbocycles. The van der Waals surface area contributed by atoms with Crippen molar-refractivity contribution in [2.75, 3.05) is 11.8 Å². The average molecular weight is 400 g/mol. The molecule has 1 N–H and O–H groups in total. The summed E-state index contributed by atoms with van der Waals surface area (Å²) in [6.45, 7) is 1.90. The molecule has 2 aromatic carbocycles. The first-order valence-corrected chi connectivity index (χ1v) is 10.4. The van der Waals surface area contributed by atoms with Crippen molar-refractivity contribution >= 4 is 32.3 Å². The molecule has 4 rings (SSSR count). The van der Waals surface area contributed by atoms with Crippen LogP contribution in [0.4, 0.5) is 5.95 Å². The molecule has 0 unspecified atom stereocenters. The number of benzene rings is 2. The maximum absolute atomic E-state index is 12.5. The first-order valence-electron chi connectivity index (χ1n) is 8.04. The molecule has 0 spiro atoms. The fraction of sp³-hybridized carbons (Fsp3) is 0.111. The summed E-state index contributed by atoms with van der Waals surface area (Å²) < 4.78 is 34.4. The Balaban J connectivity index is 1.68. The van der Waals surface area contributed by atoms with E-state index >= 15 is 0 Å². The quantitative estimate of drug-likeness (QED) is 0.553. The van der Waals surface area contributed by atoms with Crippen molar-refractivity contribution in [3.8, 4) is 17.0 Å². The molecule has 2 aromatic heterocycles. The molecule has 4 aromatic rings. The third-order valence-corrected chi connectivity index (χ3v) is 6.16. The summed E-state index contributed by atoms with van der Waals surface area (Å²) >= 11 is 1.38. The Morgan fingerprint density at radius 1 is 1.15 bits per heavy atom. The second-order valence-electron chi connectivity index (χ2n) is 5.90. The summed E-state index contributed by atoms with van der Waals surface area (Å²) in [4.78, 5) is 5.04. The van der Waals surface area contributed by atoms with Gasteiger partial charge in [0.25, 0.3) is 16.0 Å². The number of fused-ring (bicyclic) bond motifs is 1. The zero-order valence-electron chi connectivity index (χ0n) is 14.6. The van der Waals surface area contributed by atoms with Gasteiger partial charge < -0.3 is 4.74 Å². The van der Waals surface area contributed by atoms with Crippen LogP contribution < -0.4 is 9.46 Å². The smallest absolute Gasteiger partial charge is 0.264 e. The van der Waals surface area contributed by atoms with Crippen LogP contribution in [-0.4, -0.2) is 30.1 Å². The number of aromatic nitrogens is 3. The Labute approximate surface area is 160 Å². The van der Waals surface area contributed by atoms with Crippen LogP contribution >= 0.6 is 11.3 Å². The molecule has 0 saturated heterocycles. The number of rotatable bonds is 5. The molecule has 2 heterocycles. The number of aryl methyl sites for hydroxylation is 1. The minimum Gasteiger partial charge on any atom is -0.497 e. The lowest BCUT2D eigenvalue weighted by atomic mass is 10.2. The van der Waals surface area contributed by atoms with Gasteiger partial charge in [-0.25, -0.2) is 17.7 Å². The molecule has 0 radical (unpaired) electrons. The topological polar surface area (TPSA) is 85.6 Å². The fourth-order valence-corrected chi connectivity index (χ4v) is 4.37. The molecule has 138 valence electrons. The Morgan fingerprint density at radius 3 is 2.67 bits per heavy atom. The third-order valence-electron chi connectivity index (χ3n) is 4.00. The van der Waals surface area contributed by atoms with Crippen LogP contribution in [-0.2, 0) is 10.0 Å². The normalized spacial score (nSPS) is 11.6. The molecule has 0 atom stereocenters. The predicted molar refractivity (Wildman–Crippen MR) is 105 cm³/mol. The van der Waals surface area contributed by atoms with E-state index < -0.39 is 10.0 Å². The molecular weight excluding hydrogens is 384 g/mol. The maximum atomic E-state index is 12.5. The van der Waals surface area contributed by atoms with E-state index in [4.69, 9.17) is 4.74 Å². The summed E-state index contributed by atoms with van der Waals surface area (Å²) in [6.07, 6.45) is 0. The molecule has 0 aliphatic carbocycles. The van der Waals surface area contributed by atoms with Crippen LogP contribution in [0.5, 0.6) is 5.75 Å². The number of methoxy groups -OCH3 is 1. The second kappa shape index (κ2) is 6.67. The van der Waals surface area contributed by atoms with Gasteiger partial charge in [0.1, 0.15) is 5.75 Å². The summed E-state index contributed by atoms with van der Waals surface area (Å²) in [5.41, 5.74) is 2.69. The minimum atomic E-state index is -3.75. The molecular formula is C18H16N4O3S2. The Kier molecular flexibility index (Phi) is 4.33. The second-order valence-corrected chi connectivity index (χ2v) is 8.42. The van der Waals surface area contributed by atoms with Crippen molar-refractivity contribution in [2.24, 2.45) is 0 Å². The molecule has 27 heavy (non-hydrogen) atoms. The number of nitrogens with one attached hydrogen (secondary N) is 1. The van der Waals surface area contributed by atoms with E-state index in [1.807, 2.05) is 36.6 Å². The lowest BCUT2D eigenvalue weighted by molar-refractivity contribution is 0.415. The monoisotopic (exact) mass is 400 g/mol. The highest BCUT2D eigenvalue weighted by molar-refractivity contribution is 7.92. The van der Waals surface area contributed by atoms with Gasteiger partial charge in [0.15, 0.2) is 0 Å². The van der Waals surface area contributed by atoms with Gasteiger partial charge in [-0.2, -0.15) is 4.98 Å². The zero-order chi connectivity index (χ0) is 19.0. The summed E-state index contributed by atoms with van der Waals surface area (Å²) in [6, 6.07) is 14.2. The fourth-order valence-electron chi connectivity index (χ4n) is 2.60. The highest BCUT2D eigenvalue weighted by Crippen LogP contribution is 2.28. The minimum absolute atomic E-state index is 0.0339. The molecule has 9 heteroatoms. The van der Waals surface area contributed by atoms with Crippen molar-refractivity contribution < 1.29 is 13.2 Å². The standard InChI is InChI=1S/C18H16N4O3S2/c1-12-6-8-15(9-7-12)27(23,24)21-17-19-18-22(20-17)16(11-26-18)13-4-3-5-14(10-13)25-2/h3-11H,1-2H3,(H,20,21). The van der Waals surface area contributed by atoms with E-state index in [-0.39, 0.29) is 10.8 Å². The maximum Gasteiger partial charge on any atom is 0.264 e. The van der Waals surface area contributed by atoms with E-state index in [2.05, 4.69) is 14.8 Å². The van der Waals surface area contributed by atoms with Crippen molar-refractivity contribution in [2.45, 2.75) is 11.8 Å². The van der Waals surface area contributed by atoms with Gasteiger partial charge in [0, 0.05) is 10.9 Å². The van der Waals surface area contributed by atoms with Crippen LogP contribution in [0.1, 0.15) is 5.56 Å². The lowest BCUT2D eigenvalue weighted by Crippen LogP contribution is -2.14. The van der Waals surface area contributed by atoms with Gasteiger partial charge in [-0.15, -0.1) is 16.4 Å². The van der Waals surface area contributed by atoms with E-state index in [0.29, 0.717) is 4.96 Å². The van der Waals surface area contributed by atoms with Crippen molar-refractivity contribution in [3.63, 3.8) is 0 Å². The first-order chi connectivity index (χ1) is 13.0. The Morgan fingerprint density at radius 2 is 1.93 bits per heavy atom. The van der Waals surface area contributed by atoms with Crippen LogP contribution in [0.25, 0.3) is 16.2 Å². The number of ether oxygens (including phenoxy) is 1. The van der Waals surface area contributed by atoms with Crippen molar-refractivity contribution in [3.05, 3.63) is 59.5 Å². The lowest BCUT2D eigenvalue weighted by Gasteiger charge is -2.05. The number of sulfonamides is 1. The van der Waals surface area contributed by atoms with Crippen LogP contribution in [0.2, 0.25) is 0 Å². The molecule has 7 nitrogen and oxygen atoms in total. The average Bonchev–Trinajstić information content (AvgIpc) is 3.21. The molecule has 0 fully saturated rings.